The SMILES string of the molecule is CSc1cccc(NC(=O)C(=O)NCC2(c3ccsc3)CCCC2)c1. The van der Waals surface area contributed by atoms with Crippen molar-refractivity contribution in [3.8, 4) is 0 Å². The van der Waals surface area contributed by atoms with Crippen LogP contribution >= 0.6 is 23.1 Å². The van der Waals surface area contributed by atoms with Crippen LogP contribution < -0.4 is 10.6 Å². The van der Waals surface area contributed by atoms with Crippen LogP contribution in [0.15, 0.2) is 46.0 Å². The van der Waals surface area contributed by atoms with Gasteiger partial charge >= 0.3 is 11.8 Å². The Bertz CT molecular complexity index is 738. The van der Waals surface area contributed by atoms with Gasteiger partial charge in [0.1, 0.15) is 0 Å². The predicted octanol–water partition coefficient (Wildman–Crippen LogP) is 4.04. The summed E-state index contributed by atoms with van der Waals surface area (Å²) in [6.07, 6.45) is 6.42. The molecule has 0 aliphatic heterocycles. The van der Waals surface area contributed by atoms with Gasteiger partial charge in [0.15, 0.2) is 0 Å². The summed E-state index contributed by atoms with van der Waals surface area (Å²) in [6.45, 7) is 0.515. The van der Waals surface area contributed by atoms with Crippen LogP contribution in [0, 0.1) is 0 Å². The molecule has 2 amide bonds. The van der Waals surface area contributed by atoms with Crippen molar-refractivity contribution in [2.24, 2.45) is 0 Å². The monoisotopic (exact) mass is 374 g/mol. The molecule has 0 radical (unpaired) electrons. The molecule has 6 heteroatoms. The van der Waals surface area contributed by atoms with Crippen LogP contribution in [0.2, 0.25) is 0 Å². The second-order valence-electron chi connectivity index (χ2n) is 6.37. The van der Waals surface area contributed by atoms with Crippen molar-refractivity contribution in [1.29, 1.82) is 0 Å². The third kappa shape index (κ3) is 4.25. The molecule has 2 aromatic rings. The fraction of sp³-hybridized carbons (Fsp3) is 0.368. The van der Waals surface area contributed by atoms with E-state index in [1.807, 2.05) is 24.5 Å². The van der Waals surface area contributed by atoms with Crippen LogP contribution in [0.4, 0.5) is 5.69 Å². The summed E-state index contributed by atoms with van der Waals surface area (Å²) < 4.78 is 0. The highest BCUT2D eigenvalue weighted by Crippen LogP contribution is 2.41. The zero-order chi connectivity index (χ0) is 17.7. The first-order chi connectivity index (χ1) is 12.1. The van der Waals surface area contributed by atoms with Crippen LogP contribution in [0.3, 0.4) is 0 Å². The van der Waals surface area contributed by atoms with Crippen molar-refractivity contribution in [1.82, 2.24) is 5.32 Å². The summed E-state index contributed by atoms with van der Waals surface area (Å²) in [5, 5.41) is 9.76. The molecular formula is C19H22N2O2S2. The van der Waals surface area contributed by atoms with E-state index in [1.54, 1.807) is 29.2 Å². The maximum Gasteiger partial charge on any atom is 0.313 e. The van der Waals surface area contributed by atoms with Gasteiger partial charge in [0, 0.05) is 22.5 Å². The molecule has 0 bridgehead atoms. The lowest BCUT2D eigenvalue weighted by atomic mass is 9.80. The molecule has 0 saturated heterocycles. The molecule has 1 aromatic carbocycles. The van der Waals surface area contributed by atoms with Crippen molar-refractivity contribution >= 4 is 40.6 Å². The lowest BCUT2D eigenvalue weighted by Crippen LogP contribution is -2.43. The van der Waals surface area contributed by atoms with Crippen molar-refractivity contribution in [3.63, 3.8) is 0 Å². The summed E-state index contributed by atoms with van der Waals surface area (Å²) in [7, 11) is 0. The number of rotatable bonds is 5. The Hall–Kier alpha value is -1.79. The van der Waals surface area contributed by atoms with E-state index in [4.69, 9.17) is 0 Å². The molecule has 4 nitrogen and oxygen atoms in total. The van der Waals surface area contributed by atoms with E-state index in [1.165, 1.54) is 18.4 Å². The summed E-state index contributed by atoms with van der Waals surface area (Å²) in [5.41, 5.74) is 1.90. The highest BCUT2D eigenvalue weighted by Gasteiger charge is 2.36. The molecule has 132 valence electrons. The van der Waals surface area contributed by atoms with E-state index in [0.717, 1.165) is 17.7 Å². The zero-order valence-corrected chi connectivity index (χ0v) is 15.8. The number of benzene rings is 1. The first-order valence-corrected chi connectivity index (χ1v) is 10.6. The lowest BCUT2D eigenvalue weighted by Gasteiger charge is -2.28. The Labute approximate surface area is 156 Å². The topological polar surface area (TPSA) is 58.2 Å². The maximum atomic E-state index is 12.2. The molecule has 0 spiro atoms. The first kappa shape index (κ1) is 18.0. The van der Waals surface area contributed by atoms with Crippen LogP contribution in [0.1, 0.15) is 31.2 Å². The number of carbonyl (C=O) groups excluding carboxylic acids is 2. The molecule has 25 heavy (non-hydrogen) atoms. The number of hydrogen-bond donors (Lipinski definition) is 2. The van der Waals surface area contributed by atoms with Gasteiger partial charge in [0.2, 0.25) is 0 Å². The summed E-state index contributed by atoms with van der Waals surface area (Å²) >= 11 is 3.27. The summed E-state index contributed by atoms with van der Waals surface area (Å²) in [4.78, 5) is 25.5. The van der Waals surface area contributed by atoms with E-state index < -0.39 is 11.8 Å². The van der Waals surface area contributed by atoms with Gasteiger partial charge in [0.25, 0.3) is 0 Å². The molecule has 0 unspecified atom stereocenters. The Morgan fingerprint density at radius 2 is 2.00 bits per heavy atom. The number of amides is 2. The number of thiophene rings is 1. The van der Waals surface area contributed by atoms with Crippen molar-refractivity contribution in [3.05, 3.63) is 46.7 Å². The quantitative estimate of drug-likeness (QED) is 0.613. The first-order valence-electron chi connectivity index (χ1n) is 8.39. The fourth-order valence-electron chi connectivity index (χ4n) is 3.40. The van der Waals surface area contributed by atoms with Crippen LogP contribution in [-0.2, 0) is 15.0 Å². The number of nitrogens with one attached hydrogen (secondary N) is 2. The van der Waals surface area contributed by atoms with Crippen LogP contribution in [0.5, 0.6) is 0 Å². The van der Waals surface area contributed by atoms with E-state index in [-0.39, 0.29) is 5.41 Å². The molecule has 2 N–H and O–H groups in total. The third-order valence-electron chi connectivity index (χ3n) is 4.82. The van der Waals surface area contributed by atoms with E-state index >= 15 is 0 Å². The molecule has 3 rings (SSSR count). The third-order valence-corrected chi connectivity index (χ3v) is 6.22. The van der Waals surface area contributed by atoms with Gasteiger partial charge in [-0.2, -0.15) is 11.3 Å². The second-order valence-corrected chi connectivity index (χ2v) is 8.03. The minimum absolute atomic E-state index is 0.0191. The maximum absolute atomic E-state index is 12.2. The summed E-state index contributed by atoms with van der Waals surface area (Å²) in [6, 6.07) is 9.61. The molecule has 1 aliphatic carbocycles. The largest absolute Gasteiger partial charge is 0.347 e. The molecule has 1 aromatic heterocycles. The Kier molecular flexibility index (Phi) is 5.81. The van der Waals surface area contributed by atoms with E-state index in [9.17, 15) is 9.59 Å². The van der Waals surface area contributed by atoms with Gasteiger partial charge in [-0.3, -0.25) is 9.59 Å². The normalized spacial score (nSPS) is 15.7. The van der Waals surface area contributed by atoms with E-state index in [2.05, 4.69) is 27.5 Å². The number of carbonyl (C=O) groups is 2. The van der Waals surface area contributed by atoms with Gasteiger partial charge in [-0.25, -0.2) is 0 Å². The second kappa shape index (κ2) is 8.06. The average molecular weight is 375 g/mol. The molecule has 0 atom stereocenters. The number of anilines is 1. The Morgan fingerprint density at radius 1 is 1.20 bits per heavy atom. The molecule has 1 heterocycles. The number of thioether (sulfide) groups is 1. The van der Waals surface area contributed by atoms with Crippen molar-refractivity contribution in [2.45, 2.75) is 36.0 Å². The van der Waals surface area contributed by atoms with Gasteiger partial charge in [-0.05, 0) is 59.7 Å². The van der Waals surface area contributed by atoms with Crippen molar-refractivity contribution in [2.75, 3.05) is 18.1 Å². The molecule has 1 saturated carbocycles. The summed E-state index contributed by atoms with van der Waals surface area (Å²) in [5.74, 6) is -1.19. The minimum atomic E-state index is -0.614. The zero-order valence-electron chi connectivity index (χ0n) is 14.2. The minimum Gasteiger partial charge on any atom is -0.347 e. The van der Waals surface area contributed by atoms with Crippen molar-refractivity contribution < 1.29 is 9.59 Å². The predicted molar refractivity (Wildman–Crippen MR) is 104 cm³/mol. The van der Waals surface area contributed by atoms with Crippen LogP contribution in [-0.4, -0.2) is 24.6 Å². The Balaban J connectivity index is 1.60. The molecule has 1 aliphatic rings. The Morgan fingerprint density at radius 3 is 2.68 bits per heavy atom. The van der Waals surface area contributed by atoms with E-state index in [0.29, 0.717) is 12.2 Å². The average Bonchev–Trinajstić information content (AvgIpc) is 3.32. The lowest BCUT2D eigenvalue weighted by molar-refractivity contribution is -0.136. The van der Waals surface area contributed by atoms with Gasteiger partial charge in [-0.1, -0.05) is 18.9 Å². The van der Waals surface area contributed by atoms with Gasteiger partial charge in [-0.15, -0.1) is 11.8 Å². The molecule has 1 fully saturated rings. The van der Waals surface area contributed by atoms with Crippen LogP contribution in [0.25, 0.3) is 0 Å². The number of hydrogen-bond acceptors (Lipinski definition) is 4. The smallest absolute Gasteiger partial charge is 0.313 e. The van der Waals surface area contributed by atoms with Gasteiger partial charge in [0.05, 0.1) is 0 Å². The molecular weight excluding hydrogens is 352 g/mol. The highest BCUT2D eigenvalue weighted by molar-refractivity contribution is 7.98. The van der Waals surface area contributed by atoms with Gasteiger partial charge < -0.3 is 10.6 Å². The standard InChI is InChI=1S/C19H22N2O2S2/c1-24-16-6-4-5-15(11-16)21-18(23)17(22)20-13-19(8-2-3-9-19)14-7-10-25-12-14/h4-7,10-12H,2-3,8-9,13H2,1H3,(H,20,22)(H,21,23). The fourth-order valence-corrected chi connectivity index (χ4v) is 4.64. The highest BCUT2D eigenvalue weighted by atomic mass is 32.2.